The van der Waals surface area contributed by atoms with E-state index in [1.54, 1.807) is 40.7 Å². The van der Waals surface area contributed by atoms with Gasteiger partial charge in [0.15, 0.2) is 0 Å². The molecule has 1 aliphatic rings. The zero-order chi connectivity index (χ0) is 21.7. The number of aromatic nitrogens is 4. The molecule has 0 saturated carbocycles. The number of aromatic amines is 1. The summed E-state index contributed by atoms with van der Waals surface area (Å²) in [6.07, 6.45) is 3.72. The summed E-state index contributed by atoms with van der Waals surface area (Å²) < 4.78 is 27.0. The Kier molecular flexibility index (Phi) is 6.38. The standard InChI is InChI=1S/C21H24N6O3S/c28-20(22-18-9-7-17(8-10-18)21-23-25-26-24-21)13-6-16-4-11-19(12-5-16)31(29,30)27-14-2-1-3-15-27/h4-5,7-12H,1-3,6,13-15H2,(H,22,28)(H,23,24,25,26). The number of rotatable bonds is 7. The Bertz CT molecular complexity index is 1110. The van der Waals surface area contributed by atoms with E-state index >= 15 is 0 Å². The second-order valence-electron chi connectivity index (χ2n) is 7.47. The summed E-state index contributed by atoms with van der Waals surface area (Å²) in [5.41, 5.74) is 2.40. The molecule has 1 aromatic heterocycles. The topological polar surface area (TPSA) is 121 Å². The first-order valence-electron chi connectivity index (χ1n) is 10.3. The van der Waals surface area contributed by atoms with Crippen LogP contribution in [0.1, 0.15) is 31.2 Å². The summed E-state index contributed by atoms with van der Waals surface area (Å²) in [5.74, 6) is 0.376. The molecule has 0 atom stereocenters. The number of carbonyl (C=O) groups excluding carboxylic acids is 1. The van der Waals surface area contributed by atoms with Crippen LogP contribution in [0.2, 0.25) is 0 Å². The predicted octanol–water partition coefficient (Wildman–Crippen LogP) is 2.61. The van der Waals surface area contributed by atoms with Crippen molar-refractivity contribution in [3.63, 3.8) is 0 Å². The van der Waals surface area contributed by atoms with E-state index in [4.69, 9.17) is 0 Å². The molecule has 0 bridgehead atoms. The Hall–Kier alpha value is -3.11. The number of anilines is 1. The number of nitrogens with one attached hydrogen (secondary N) is 2. The highest BCUT2D eigenvalue weighted by Crippen LogP contribution is 2.21. The lowest BCUT2D eigenvalue weighted by atomic mass is 10.1. The molecule has 3 aromatic rings. The van der Waals surface area contributed by atoms with Crippen molar-refractivity contribution in [2.75, 3.05) is 18.4 Å². The van der Waals surface area contributed by atoms with Crippen LogP contribution in [0.5, 0.6) is 0 Å². The highest BCUT2D eigenvalue weighted by Gasteiger charge is 2.25. The summed E-state index contributed by atoms with van der Waals surface area (Å²) >= 11 is 0. The molecular formula is C21H24N6O3S. The third-order valence-electron chi connectivity index (χ3n) is 5.29. The van der Waals surface area contributed by atoms with Crippen molar-refractivity contribution in [2.24, 2.45) is 0 Å². The molecule has 1 aliphatic heterocycles. The smallest absolute Gasteiger partial charge is 0.243 e. The number of carbonyl (C=O) groups is 1. The van der Waals surface area contributed by atoms with E-state index < -0.39 is 10.0 Å². The van der Waals surface area contributed by atoms with Crippen molar-refractivity contribution in [2.45, 2.75) is 37.0 Å². The fourth-order valence-corrected chi connectivity index (χ4v) is 5.07. The molecule has 0 aliphatic carbocycles. The Balaban J connectivity index is 1.30. The SMILES string of the molecule is O=C(CCc1ccc(S(=O)(=O)N2CCCCC2)cc1)Nc1ccc(-c2nn[nH]n2)cc1. The Morgan fingerprint density at radius 2 is 1.71 bits per heavy atom. The first kappa shape index (κ1) is 21.1. The summed E-state index contributed by atoms with van der Waals surface area (Å²) in [5, 5.41) is 16.6. The molecule has 2 heterocycles. The van der Waals surface area contributed by atoms with Crippen LogP contribution in [0.15, 0.2) is 53.4 Å². The molecule has 10 heteroatoms. The number of sulfonamides is 1. The lowest BCUT2D eigenvalue weighted by Gasteiger charge is -2.25. The molecule has 31 heavy (non-hydrogen) atoms. The number of tetrazole rings is 1. The van der Waals surface area contributed by atoms with Gasteiger partial charge in [0.1, 0.15) is 0 Å². The first-order chi connectivity index (χ1) is 15.0. The second-order valence-corrected chi connectivity index (χ2v) is 9.41. The van der Waals surface area contributed by atoms with Crippen LogP contribution in [-0.4, -0.2) is 52.3 Å². The summed E-state index contributed by atoms with van der Waals surface area (Å²) in [6.45, 7) is 1.17. The van der Waals surface area contributed by atoms with Gasteiger partial charge in [-0.2, -0.15) is 9.52 Å². The van der Waals surface area contributed by atoms with Crippen molar-refractivity contribution in [1.29, 1.82) is 0 Å². The number of benzene rings is 2. The second kappa shape index (κ2) is 9.36. The fourth-order valence-electron chi connectivity index (χ4n) is 3.55. The Morgan fingerprint density at radius 3 is 2.35 bits per heavy atom. The number of nitrogens with zero attached hydrogens (tertiary/aromatic N) is 4. The van der Waals surface area contributed by atoms with Crippen LogP contribution >= 0.6 is 0 Å². The highest BCUT2D eigenvalue weighted by molar-refractivity contribution is 7.89. The van der Waals surface area contributed by atoms with Gasteiger partial charge in [-0.3, -0.25) is 4.79 Å². The van der Waals surface area contributed by atoms with Crippen LogP contribution in [0.3, 0.4) is 0 Å². The minimum Gasteiger partial charge on any atom is -0.326 e. The maximum absolute atomic E-state index is 12.7. The van der Waals surface area contributed by atoms with E-state index in [2.05, 4.69) is 25.9 Å². The monoisotopic (exact) mass is 440 g/mol. The van der Waals surface area contributed by atoms with Gasteiger partial charge in [0, 0.05) is 30.8 Å². The molecule has 0 unspecified atom stereocenters. The predicted molar refractivity (Wildman–Crippen MR) is 116 cm³/mol. The molecule has 9 nitrogen and oxygen atoms in total. The average Bonchev–Trinajstić information content (AvgIpc) is 3.34. The van der Waals surface area contributed by atoms with Gasteiger partial charge in [-0.15, -0.1) is 10.2 Å². The van der Waals surface area contributed by atoms with Crippen LogP contribution in [0.25, 0.3) is 11.4 Å². The molecule has 0 radical (unpaired) electrons. The van der Waals surface area contributed by atoms with E-state index in [1.807, 2.05) is 12.1 Å². The number of hydrogen-bond acceptors (Lipinski definition) is 6. The summed E-state index contributed by atoms with van der Waals surface area (Å²) in [4.78, 5) is 12.6. The van der Waals surface area contributed by atoms with Crippen LogP contribution < -0.4 is 5.32 Å². The molecule has 162 valence electrons. The van der Waals surface area contributed by atoms with Gasteiger partial charge in [-0.25, -0.2) is 8.42 Å². The summed E-state index contributed by atoms with van der Waals surface area (Å²) in [6, 6.07) is 14.0. The van der Waals surface area contributed by atoms with Gasteiger partial charge in [0.25, 0.3) is 0 Å². The van der Waals surface area contributed by atoms with Gasteiger partial charge in [0.2, 0.25) is 21.8 Å². The van der Waals surface area contributed by atoms with Gasteiger partial charge in [-0.1, -0.05) is 18.6 Å². The molecule has 2 aromatic carbocycles. The summed E-state index contributed by atoms with van der Waals surface area (Å²) in [7, 11) is -3.43. The van der Waals surface area contributed by atoms with Gasteiger partial charge in [-0.05, 0) is 66.4 Å². The number of aryl methyl sites for hydroxylation is 1. The van der Waals surface area contributed by atoms with E-state index in [0.29, 0.717) is 42.3 Å². The van der Waals surface area contributed by atoms with Gasteiger partial charge >= 0.3 is 0 Å². The molecule has 2 N–H and O–H groups in total. The lowest BCUT2D eigenvalue weighted by molar-refractivity contribution is -0.116. The Labute approximate surface area is 180 Å². The highest BCUT2D eigenvalue weighted by atomic mass is 32.2. The zero-order valence-corrected chi connectivity index (χ0v) is 17.8. The fraction of sp³-hybridized carbons (Fsp3) is 0.333. The van der Waals surface area contributed by atoms with Gasteiger partial charge < -0.3 is 5.32 Å². The minimum absolute atomic E-state index is 0.114. The largest absolute Gasteiger partial charge is 0.326 e. The van der Waals surface area contributed by atoms with Crippen LogP contribution in [0, 0.1) is 0 Å². The third-order valence-corrected chi connectivity index (χ3v) is 7.20. The molecule has 4 rings (SSSR count). The van der Waals surface area contributed by atoms with Crippen molar-refractivity contribution in [1.82, 2.24) is 24.9 Å². The van der Waals surface area contributed by atoms with E-state index in [0.717, 1.165) is 30.4 Å². The average molecular weight is 441 g/mol. The number of amides is 1. The molecule has 0 spiro atoms. The maximum Gasteiger partial charge on any atom is 0.243 e. The van der Waals surface area contributed by atoms with Crippen molar-refractivity contribution >= 4 is 21.6 Å². The van der Waals surface area contributed by atoms with Crippen molar-refractivity contribution in [3.8, 4) is 11.4 Å². The number of piperidine rings is 1. The van der Waals surface area contributed by atoms with Crippen molar-refractivity contribution in [3.05, 3.63) is 54.1 Å². The number of H-pyrrole nitrogens is 1. The molecule has 1 amide bonds. The quantitative estimate of drug-likeness (QED) is 0.583. The third kappa shape index (κ3) is 5.15. The molecule has 1 saturated heterocycles. The maximum atomic E-state index is 12.7. The first-order valence-corrected chi connectivity index (χ1v) is 11.7. The Morgan fingerprint density at radius 1 is 1.00 bits per heavy atom. The normalized spacial score (nSPS) is 15.0. The lowest BCUT2D eigenvalue weighted by Crippen LogP contribution is -2.35. The van der Waals surface area contributed by atoms with Crippen molar-refractivity contribution < 1.29 is 13.2 Å². The zero-order valence-electron chi connectivity index (χ0n) is 17.0. The molecular weight excluding hydrogens is 416 g/mol. The minimum atomic E-state index is -3.43. The molecule has 1 fully saturated rings. The van der Waals surface area contributed by atoms with E-state index in [1.165, 1.54) is 0 Å². The number of hydrogen-bond donors (Lipinski definition) is 2. The van der Waals surface area contributed by atoms with E-state index in [-0.39, 0.29) is 5.91 Å². The van der Waals surface area contributed by atoms with Crippen LogP contribution in [-0.2, 0) is 21.2 Å². The van der Waals surface area contributed by atoms with Gasteiger partial charge in [0.05, 0.1) is 4.90 Å². The van der Waals surface area contributed by atoms with Crippen LogP contribution in [0.4, 0.5) is 5.69 Å². The van der Waals surface area contributed by atoms with E-state index in [9.17, 15) is 13.2 Å².